The molecule has 8 heteroatoms. The summed E-state index contributed by atoms with van der Waals surface area (Å²) in [4.78, 5) is 12.6. The average Bonchev–Trinajstić information content (AvgIpc) is 3.02. The molecule has 138 valence electrons. The van der Waals surface area contributed by atoms with Gasteiger partial charge in [-0.1, -0.05) is 23.8 Å². The van der Waals surface area contributed by atoms with Crippen molar-refractivity contribution in [3.05, 3.63) is 52.8 Å². The lowest BCUT2D eigenvalue weighted by Gasteiger charge is -2.19. The highest BCUT2D eigenvalue weighted by Crippen LogP contribution is 2.32. The second-order valence-corrected chi connectivity index (χ2v) is 6.60. The van der Waals surface area contributed by atoms with Crippen molar-refractivity contribution in [3.63, 3.8) is 0 Å². The Labute approximate surface area is 160 Å². The summed E-state index contributed by atoms with van der Waals surface area (Å²) in [6.07, 6.45) is 0. The zero-order valence-electron chi connectivity index (χ0n) is 14.7. The molecule has 1 aromatic heterocycles. The Morgan fingerprint density at radius 3 is 2.85 bits per heavy atom. The summed E-state index contributed by atoms with van der Waals surface area (Å²) in [6, 6.07) is 13.2. The SMILES string of the molecule is Cc1cccc(-c2n[nH]c(=S)n2CC(=O)Nc2ccc3c(c2)OCCO3)c1. The minimum atomic E-state index is -0.210. The van der Waals surface area contributed by atoms with Crippen LogP contribution in [0.2, 0.25) is 0 Å². The summed E-state index contributed by atoms with van der Waals surface area (Å²) in [5, 5.41) is 9.90. The molecule has 0 bridgehead atoms. The standard InChI is InChI=1S/C19H18N4O3S/c1-12-3-2-4-13(9-12)18-21-22-19(27)23(18)11-17(24)20-14-5-6-15-16(10-14)26-8-7-25-15/h2-6,9-10H,7-8,11H2,1H3,(H,20,24)(H,22,27). The van der Waals surface area contributed by atoms with Crippen molar-refractivity contribution in [2.24, 2.45) is 0 Å². The van der Waals surface area contributed by atoms with E-state index in [1.165, 1.54) is 0 Å². The molecule has 0 spiro atoms. The van der Waals surface area contributed by atoms with Gasteiger partial charge < -0.3 is 14.8 Å². The first-order valence-electron chi connectivity index (χ1n) is 8.52. The summed E-state index contributed by atoms with van der Waals surface area (Å²) in [7, 11) is 0. The van der Waals surface area contributed by atoms with Crippen LogP contribution in [0.25, 0.3) is 11.4 Å². The monoisotopic (exact) mass is 382 g/mol. The van der Waals surface area contributed by atoms with Gasteiger partial charge in [0, 0.05) is 17.3 Å². The summed E-state index contributed by atoms with van der Waals surface area (Å²) in [6.45, 7) is 3.07. The van der Waals surface area contributed by atoms with E-state index in [1.54, 1.807) is 22.8 Å². The molecule has 0 radical (unpaired) electrons. The fourth-order valence-electron chi connectivity index (χ4n) is 2.93. The summed E-state index contributed by atoms with van der Waals surface area (Å²) in [5.74, 6) is 1.72. The zero-order chi connectivity index (χ0) is 18.8. The second kappa shape index (κ2) is 7.24. The number of aromatic amines is 1. The highest BCUT2D eigenvalue weighted by molar-refractivity contribution is 7.71. The maximum absolute atomic E-state index is 12.6. The number of nitrogens with zero attached hydrogens (tertiary/aromatic N) is 2. The first-order chi connectivity index (χ1) is 13.1. The lowest BCUT2D eigenvalue weighted by Crippen LogP contribution is -2.20. The first-order valence-corrected chi connectivity index (χ1v) is 8.93. The van der Waals surface area contributed by atoms with Gasteiger partial charge in [0.25, 0.3) is 0 Å². The summed E-state index contributed by atoms with van der Waals surface area (Å²) in [5.41, 5.74) is 2.64. The number of anilines is 1. The molecule has 1 aliphatic rings. The lowest BCUT2D eigenvalue weighted by molar-refractivity contribution is -0.116. The number of H-pyrrole nitrogens is 1. The van der Waals surface area contributed by atoms with Gasteiger partial charge >= 0.3 is 0 Å². The minimum Gasteiger partial charge on any atom is -0.486 e. The maximum atomic E-state index is 12.6. The third kappa shape index (κ3) is 3.70. The minimum absolute atomic E-state index is 0.0487. The number of carbonyl (C=O) groups is 1. The quantitative estimate of drug-likeness (QED) is 0.677. The topological polar surface area (TPSA) is 81.2 Å². The van der Waals surface area contributed by atoms with Crippen LogP contribution in [0.3, 0.4) is 0 Å². The molecule has 0 unspecified atom stereocenters. The van der Waals surface area contributed by atoms with Crippen LogP contribution in [0.1, 0.15) is 5.56 Å². The van der Waals surface area contributed by atoms with Crippen LogP contribution in [-0.2, 0) is 11.3 Å². The Hall–Kier alpha value is -3.13. The highest BCUT2D eigenvalue weighted by atomic mass is 32.1. The molecule has 0 saturated carbocycles. The molecule has 27 heavy (non-hydrogen) atoms. The van der Waals surface area contributed by atoms with E-state index in [2.05, 4.69) is 15.5 Å². The number of fused-ring (bicyclic) bond motifs is 1. The molecule has 0 fully saturated rings. The van der Waals surface area contributed by atoms with Crippen molar-refractivity contribution in [1.29, 1.82) is 0 Å². The van der Waals surface area contributed by atoms with E-state index >= 15 is 0 Å². The normalized spacial score (nSPS) is 12.6. The molecular formula is C19H18N4O3S. The number of rotatable bonds is 4. The van der Waals surface area contributed by atoms with E-state index in [0.29, 0.717) is 41.0 Å². The third-order valence-corrected chi connectivity index (χ3v) is 4.47. The molecule has 0 aliphatic carbocycles. The van der Waals surface area contributed by atoms with Crippen LogP contribution in [0.5, 0.6) is 11.5 Å². The van der Waals surface area contributed by atoms with Gasteiger partial charge in [0.2, 0.25) is 5.91 Å². The number of nitrogens with one attached hydrogen (secondary N) is 2. The van der Waals surface area contributed by atoms with Crippen LogP contribution >= 0.6 is 12.2 Å². The molecule has 2 N–H and O–H groups in total. The van der Waals surface area contributed by atoms with E-state index in [-0.39, 0.29) is 12.5 Å². The van der Waals surface area contributed by atoms with E-state index in [0.717, 1.165) is 11.1 Å². The molecule has 2 heterocycles. The molecule has 2 aromatic carbocycles. The number of amides is 1. The van der Waals surface area contributed by atoms with Crippen LogP contribution in [-0.4, -0.2) is 33.9 Å². The van der Waals surface area contributed by atoms with Gasteiger partial charge in [-0.15, -0.1) is 0 Å². The molecule has 7 nitrogen and oxygen atoms in total. The number of ether oxygens (including phenoxy) is 2. The Kier molecular flexibility index (Phi) is 4.64. The van der Waals surface area contributed by atoms with Crippen LogP contribution in [0.15, 0.2) is 42.5 Å². The number of aryl methyl sites for hydroxylation is 1. The van der Waals surface area contributed by atoms with Crippen molar-refractivity contribution >= 4 is 23.8 Å². The Morgan fingerprint density at radius 2 is 2.04 bits per heavy atom. The van der Waals surface area contributed by atoms with Gasteiger partial charge in [-0.05, 0) is 37.3 Å². The molecule has 1 aliphatic heterocycles. The fourth-order valence-corrected chi connectivity index (χ4v) is 3.13. The predicted octanol–water partition coefficient (Wildman–Crippen LogP) is 3.33. The Bertz CT molecular complexity index is 1060. The van der Waals surface area contributed by atoms with Crippen molar-refractivity contribution in [2.45, 2.75) is 13.5 Å². The molecule has 4 rings (SSSR count). The predicted molar refractivity (Wildman–Crippen MR) is 104 cm³/mol. The highest BCUT2D eigenvalue weighted by Gasteiger charge is 2.15. The largest absolute Gasteiger partial charge is 0.486 e. The molecular weight excluding hydrogens is 364 g/mol. The second-order valence-electron chi connectivity index (χ2n) is 6.21. The van der Waals surface area contributed by atoms with E-state index < -0.39 is 0 Å². The fraction of sp³-hybridized carbons (Fsp3) is 0.211. The molecule has 3 aromatic rings. The van der Waals surface area contributed by atoms with E-state index in [1.807, 2.05) is 31.2 Å². The van der Waals surface area contributed by atoms with Gasteiger partial charge in [0.05, 0.1) is 0 Å². The average molecular weight is 382 g/mol. The Balaban J connectivity index is 1.54. The Morgan fingerprint density at radius 1 is 1.22 bits per heavy atom. The van der Waals surface area contributed by atoms with Gasteiger partial charge in [-0.2, -0.15) is 5.10 Å². The smallest absolute Gasteiger partial charge is 0.244 e. The number of aromatic nitrogens is 3. The summed E-state index contributed by atoms with van der Waals surface area (Å²) >= 11 is 5.30. The molecule has 0 atom stereocenters. The van der Waals surface area contributed by atoms with Crippen molar-refractivity contribution < 1.29 is 14.3 Å². The van der Waals surface area contributed by atoms with Crippen molar-refractivity contribution in [1.82, 2.24) is 14.8 Å². The zero-order valence-corrected chi connectivity index (χ0v) is 15.5. The van der Waals surface area contributed by atoms with E-state index in [4.69, 9.17) is 21.7 Å². The number of hydrogen-bond acceptors (Lipinski definition) is 5. The maximum Gasteiger partial charge on any atom is 0.244 e. The summed E-state index contributed by atoms with van der Waals surface area (Å²) < 4.78 is 13.1. The number of benzene rings is 2. The third-order valence-electron chi connectivity index (χ3n) is 4.16. The first kappa shape index (κ1) is 17.3. The van der Waals surface area contributed by atoms with Gasteiger partial charge in [0.1, 0.15) is 19.8 Å². The van der Waals surface area contributed by atoms with Gasteiger partial charge in [-0.3, -0.25) is 14.5 Å². The van der Waals surface area contributed by atoms with Crippen LogP contribution in [0.4, 0.5) is 5.69 Å². The van der Waals surface area contributed by atoms with Crippen LogP contribution < -0.4 is 14.8 Å². The van der Waals surface area contributed by atoms with Crippen molar-refractivity contribution in [3.8, 4) is 22.9 Å². The van der Waals surface area contributed by atoms with E-state index in [9.17, 15) is 4.79 Å². The number of carbonyl (C=O) groups excluding carboxylic acids is 1. The molecule has 0 saturated heterocycles. The number of hydrogen-bond donors (Lipinski definition) is 2. The van der Waals surface area contributed by atoms with Crippen molar-refractivity contribution in [2.75, 3.05) is 18.5 Å². The van der Waals surface area contributed by atoms with Gasteiger partial charge in [0.15, 0.2) is 22.1 Å². The lowest BCUT2D eigenvalue weighted by atomic mass is 10.1. The molecule has 1 amide bonds. The van der Waals surface area contributed by atoms with Crippen LogP contribution in [0, 0.1) is 11.7 Å². The van der Waals surface area contributed by atoms with Gasteiger partial charge in [-0.25, -0.2) is 0 Å².